The highest BCUT2D eigenvalue weighted by molar-refractivity contribution is 6.33. The molecule has 1 unspecified atom stereocenters. The van der Waals surface area contributed by atoms with Gasteiger partial charge in [-0.15, -0.1) is 0 Å². The van der Waals surface area contributed by atoms with E-state index in [4.69, 9.17) is 16.3 Å². The molecule has 0 aromatic heterocycles. The Morgan fingerprint density at radius 3 is 2.95 bits per heavy atom. The van der Waals surface area contributed by atoms with Gasteiger partial charge in [0, 0.05) is 26.7 Å². The summed E-state index contributed by atoms with van der Waals surface area (Å²) in [7, 11) is 1.80. The Balaban J connectivity index is 2.26. The molecule has 1 aromatic carbocycles. The van der Waals surface area contributed by atoms with Crippen LogP contribution in [0.2, 0.25) is 5.02 Å². The van der Waals surface area contributed by atoms with Crippen LogP contribution in [0.25, 0.3) is 0 Å². The Kier molecular flexibility index (Phi) is 5.30. The number of anilines is 1. The third kappa shape index (κ3) is 3.46. The zero-order valence-electron chi connectivity index (χ0n) is 12.7. The van der Waals surface area contributed by atoms with E-state index in [-0.39, 0.29) is 5.60 Å². The zero-order valence-corrected chi connectivity index (χ0v) is 13.5. The van der Waals surface area contributed by atoms with Crippen LogP contribution in [0.1, 0.15) is 32.3 Å². The smallest absolute Gasteiger partial charge is 0.0825 e. The van der Waals surface area contributed by atoms with Crippen LogP contribution >= 0.6 is 11.6 Å². The first-order valence-corrected chi connectivity index (χ1v) is 7.75. The van der Waals surface area contributed by atoms with Gasteiger partial charge in [-0.1, -0.05) is 30.7 Å². The quantitative estimate of drug-likeness (QED) is 0.900. The first kappa shape index (κ1) is 15.6. The molecule has 0 saturated carbocycles. The molecular weight excluding hydrogens is 272 g/mol. The molecule has 2 rings (SSSR count). The van der Waals surface area contributed by atoms with E-state index in [0.717, 1.165) is 49.7 Å². The first-order chi connectivity index (χ1) is 9.59. The minimum Gasteiger partial charge on any atom is -0.377 e. The number of piperidine rings is 1. The standard InChI is InChI=1S/C16H25ClN2O/c1-4-18-11-13-7-5-8-14(17)15(13)19-10-6-9-16(2,12-19)20-3/h5,7-8,18H,4,6,9-12H2,1-3H3. The molecule has 0 aliphatic carbocycles. The van der Waals surface area contributed by atoms with E-state index >= 15 is 0 Å². The van der Waals surface area contributed by atoms with Gasteiger partial charge in [-0.2, -0.15) is 0 Å². The molecule has 1 aliphatic heterocycles. The first-order valence-electron chi connectivity index (χ1n) is 7.38. The number of ether oxygens (including phenoxy) is 1. The van der Waals surface area contributed by atoms with E-state index in [0.29, 0.717) is 0 Å². The molecule has 1 saturated heterocycles. The fraction of sp³-hybridized carbons (Fsp3) is 0.625. The molecular formula is C16H25ClN2O. The van der Waals surface area contributed by atoms with Crippen molar-refractivity contribution < 1.29 is 4.74 Å². The third-order valence-electron chi connectivity index (χ3n) is 4.10. The highest BCUT2D eigenvalue weighted by atomic mass is 35.5. The summed E-state index contributed by atoms with van der Waals surface area (Å²) in [5, 5.41) is 4.22. The molecule has 3 nitrogen and oxygen atoms in total. The summed E-state index contributed by atoms with van der Waals surface area (Å²) in [6.07, 6.45) is 2.24. The van der Waals surface area contributed by atoms with Crippen molar-refractivity contribution in [3.8, 4) is 0 Å². The highest BCUT2D eigenvalue weighted by Crippen LogP contribution is 2.35. The van der Waals surface area contributed by atoms with Gasteiger partial charge in [0.15, 0.2) is 0 Å². The van der Waals surface area contributed by atoms with Gasteiger partial charge >= 0.3 is 0 Å². The lowest BCUT2D eigenvalue weighted by molar-refractivity contribution is -0.00468. The molecule has 1 aliphatic rings. The Bertz CT molecular complexity index is 452. The number of methoxy groups -OCH3 is 1. The summed E-state index contributed by atoms with van der Waals surface area (Å²) in [6.45, 7) is 8.05. The molecule has 0 bridgehead atoms. The van der Waals surface area contributed by atoms with Gasteiger partial charge in [0.2, 0.25) is 0 Å². The molecule has 1 aromatic rings. The van der Waals surface area contributed by atoms with Crippen molar-refractivity contribution in [1.29, 1.82) is 0 Å². The monoisotopic (exact) mass is 296 g/mol. The summed E-state index contributed by atoms with van der Waals surface area (Å²) >= 11 is 6.47. The van der Waals surface area contributed by atoms with Crippen LogP contribution in [0, 0.1) is 0 Å². The van der Waals surface area contributed by atoms with Crippen LogP contribution < -0.4 is 10.2 Å². The van der Waals surface area contributed by atoms with Crippen molar-refractivity contribution >= 4 is 17.3 Å². The van der Waals surface area contributed by atoms with Crippen molar-refractivity contribution in [2.75, 3.05) is 31.6 Å². The van der Waals surface area contributed by atoms with E-state index in [1.54, 1.807) is 7.11 Å². The van der Waals surface area contributed by atoms with Gasteiger partial charge < -0.3 is 15.0 Å². The minimum atomic E-state index is -0.0765. The lowest BCUT2D eigenvalue weighted by Crippen LogP contribution is -2.48. The number of nitrogens with zero attached hydrogens (tertiary/aromatic N) is 1. The van der Waals surface area contributed by atoms with Gasteiger partial charge in [0.05, 0.1) is 16.3 Å². The second-order valence-corrected chi connectivity index (χ2v) is 6.11. The fourth-order valence-corrected chi connectivity index (χ4v) is 3.19. The summed E-state index contributed by atoms with van der Waals surface area (Å²) in [4.78, 5) is 2.38. The molecule has 20 heavy (non-hydrogen) atoms. The number of benzene rings is 1. The van der Waals surface area contributed by atoms with Crippen molar-refractivity contribution in [3.63, 3.8) is 0 Å². The van der Waals surface area contributed by atoms with Gasteiger partial charge in [-0.05, 0) is 37.9 Å². The highest BCUT2D eigenvalue weighted by Gasteiger charge is 2.32. The van der Waals surface area contributed by atoms with Gasteiger partial charge in [-0.3, -0.25) is 0 Å². The molecule has 4 heteroatoms. The number of para-hydroxylation sites is 1. The number of hydrogen-bond donors (Lipinski definition) is 1. The van der Waals surface area contributed by atoms with E-state index < -0.39 is 0 Å². The maximum atomic E-state index is 6.47. The Morgan fingerprint density at radius 2 is 2.25 bits per heavy atom. The van der Waals surface area contributed by atoms with Gasteiger partial charge in [0.25, 0.3) is 0 Å². The second-order valence-electron chi connectivity index (χ2n) is 5.71. The maximum Gasteiger partial charge on any atom is 0.0825 e. The van der Waals surface area contributed by atoms with Crippen LogP contribution in [0.4, 0.5) is 5.69 Å². The van der Waals surface area contributed by atoms with Crippen molar-refractivity contribution in [2.24, 2.45) is 0 Å². The molecule has 1 heterocycles. The second kappa shape index (κ2) is 6.79. The van der Waals surface area contributed by atoms with Gasteiger partial charge in [-0.25, -0.2) is 0 Å². The molecule has 1 fully saturated rings. The lowest BCUT2D eigenvalue weighted by atomic mass is 9.93. The number of rotatable bonds is 5. The number of halogens is 1. The average molecular weight is 297 g/mol. The molecule has 0 amide bonds. The van der Waals surface area contributed by atoms with Gasteiger partial charge in [0.1, 0.15) is 0 Å². The van der Waals surface area contributed by atoms with Crippen LogP contribution in [0.3, 0.4) is 0 Å². The number of hydrogen-bond acceptors (Lipinski definition) is 3. The summed E-state index contributed by atoms with van der Waals surface area (Å²) in [5.74, 6) is 0. The molecule has 1 atom stereocenters. The van der Waals surface area contributed by atoms with E-state index in [1.807, 2.05) is 12.1 Å². The average Bonchev–Trinajstić information content (AvgIpc) is 2.45. The summed E-state index contributed by atoms with van der Waals surface area (Å²) in [5.41, 5.74) is 2.35. The van der Waals surface area contributed by atoms with Crippen molar-refractivity contribution in [2.45, 2.75) is 38.8 Å². The normalized spacial score (nSPS) is 23.1. The number of nitrogens with one attached hydrogen (secondary N) is 1. The Hall–Kier alpha value is -0.770. The molecule has 112 valence electrons. The lowest BCUT2D eigenvalue weighted by Gasteiger charge is -2.41. The third-order valence-corrected chi connectivity index (χ3v) is 4.41. The predicted octanol–water partition coefficient (Wildman–Crippen LogP) is 3.45. The topological polar surface area (TPSA) is 24.5 Å². The Morgan fingerprint density at radius 1 is 1.45 bits per heavy atom. The molecule has 1 N–H and O–H groups in total. The largest absolute Gasteiger partial charge is 0.377 e. The summed E-state index contributed by atoms with van der Waals surface area (Å²) < 4.78 is 5.69. The van der Waals surface area contributed by atoms with Crippen molar-refractivity contribution in [1.82, 2.24) is 5.32 Å². The SMILES string of the molecule is CCNCc1cccc(Cl)c1N1CCCC(C)(OC)C1. The Labute approximate surface area is 127 Å². The fourth-order valence-electron chi connectivity index (χ4n) is 2.88. The van der Waals surface area contributed by atoms with Crippen molar-refractivity contribution in [3.05, 3.63) is 28.8 Å². The van der Waals surface area contributed by atoms with E-state index in [9.17, 15) is 0 Å². The van der Waals surface area contributed by atoms with E-state index in [1.165, 1.54) is 5.56 Å². The summed E-state index contributed by atoms with van der Waals surface area (Å²) in [6, 6.07) is 6.16. The van der Waals surface area contributed by atoms with Crippen LogP contribution in [0.15, 0.2) is 18.2 Å². The zero-order chi connectivity index (χ0) is 14.6. The van der Waals surface area contributed by atoms with Crippen LogP contribution in [-0.2, 0) is 11.3 Å². The van der Waals surface area contributed by atoms with Crippen LogP contribution in [-0.4, -0.2) is 32.3 Å². The van der Waals surface area contributed by atoms with E-state index in [2.05, 4.69) is 30.1 Å². The van der Waals surface area contributed by atoms with Crippen LogP contribution in [0.5, 0.6) is 0 Å². The maximum absolute atomic E-state index is 6.47. The molecule has 0 spiro atoms. The minimum absolute atomic E-state index is 0.0765. The molecule has 0 radical (unpaired) electrons. The predicted molar refractivity (Wildman–Crippen MR) is 85.7 cm³/mol.